The Kier molecular flexibility index (Phi) is 7.64. The fourth-order valence-electron chi connectivity index (χ4n) is 3.22. The first-order chi connectivity index (χ1) is 14.3. The molecule has 1 amide bonds. The van der Waals surface area contributed by atoms with Crippen LogP contribution in [0.5, 0.6) is 0 Å². The van der Waals surface area contributed by atoms with Crippen LogP contribution in [0.3, 0.4) is 0 Å². The van der Waals surface area contributed by atoms with Crippen molar-refractivity contribution >= 4 is 47.1 Å². The fourth-order valence-corrected chi connectivity index (χ4v) is 4.63. The molecule has 1 N–H and O–H groups in total. The number of nitrogens with one attached hydrogen (secondary N) is 1. The Morgan fingerprint density at radius 2 is 1.80 bits per heavy atom. The van der Waals surface area contributed by atoms with E-state index in [1.807, 2.05) is 44.2 Å². The quantitative estimate of drug-likeness (QED) is 0.343. The van der Waals surface area contributed by atoms with Gasteiger partial charge >= 0.3 is 0 Å². The van der Waals surface area contributed by atoms with Crippen LogP contribution in [0.4, 0.5) is 0 Å². The summed E-state index contributed by atoms with van der Waals surface area (Å²) in [6.07, 6.45) is 1.66. The van der Waals surface area contributed by atoms with Crippen LogP contribution in [0.2, 0.25) is 10.0 Å². The van der Waals surface area contributed by atoms with Crippen molar-refractivity contribution in [3.63, 3.8) is 0 Å². The van der Waals surface area contributed by atoms with E-state index in [-0.39, 0.29) is 5.91 Å². The highest BCUT2D eigenvalue weighted by Crippen LogP contribution is 2.26. The molecule has 7 heteroatoms. The number of aromatic nitrogens is 1. The van der Waals surface area contributed by atoms with Gasteiger partial charge in [0.05, 0.1) is 12.0 Å². The summed E-state index contributed by atoms with van der Waals surface area (Å²) in [6.45, 7) is 6.07. The number of carbonyl (C=O) groups excluding carboxylic acids is 1. The second-order valence-electron chi connectivity index (χ2n) is 7.00. The summed E-state index contributed by atoms with van der Waals surface area (Å²) in [5.41, 5.74) is 8.89. The van der Waals surface area contributed by atoms with Gasteiger partial charge in [0.15, 0.2) is 0 Å². The van der Waals surface area contributed by atoms with Gasteiger partial charge in [-0.1, -0.05) is 47.5 Å². The van der Waals surface area contributed by atoms with Gasteiger partial charge in [-0.05, 0) is 56.2 Å². The van der Waals surface area contributed by atoms with Crippen molar-refractivity contribution in [2.45, 2.75) is 26.5 Å². The van der Waals surface area contributed by atoms with Crippen LogP contribution in [0.15, 0.2) is 53.6 Å². The number of benzene rings is 2. The van der Waals surface area contributed by atoms with Crippen LogP contribution < -0.4 is 5.43 Å². The highest BCUT2D eigenvalue weighted by atomic mass is 35.5. The number of nitrogens with zero attached hydrogens (tertiary/aromatic N) is 2. The highest BCUT2D eigenvalue weighted by Gasteiger charge is 2.11. The molecule has 0 unspecified atom stereocenters. The molecular formula is C23H23Cl2N3OS. The maximum atomic E-state index is 12.1. The highest BCUT2D eigenvalue weighted by molar-refractivity contribution is 7.99. The normalized spacial score (nSPS) is 11.2. The number of thioether (sulfide) groups is 1. The average molecular weight is 460 g/mol. The van der Waals surface area contributed by atoms with E-state index in [0.717, 1.165) is 28.4 Å². The molecule has 1 aromatic heterocycles. The van der Waals surface area contributed by atoms with Crippen molar-refractivity contribution in [1.29, 1.82) is 0 Å². The van der Waals surface area contributed by atoms with Crippen molar-refractivity contribution in [3.8, 4) is 5.69 Å². The maximum Gasteiger partial charge on any atom is 0.250 e. The topological polar surface area (TPSA) is 46.4 Å². The minimum Gasteiger partial charge on any atom is -0.318 e. The zero-order chi connectivity index (χ0) is 21.7. The molecule has 0 aliphatic heterocycles. The van der Waals surface area contributed by atoms with Gasteiger partial charge in [-0.25, -0.2) is 5.43 Å². The lowest BCUT2D eigenvalue weighted by molar-refractivity contribution is -0.118. The number of hydrogen-bond donors (Lipinski definition) is 1. The summed E-state index contributed by atoms with van der Waals surface area (Å²) in [6, 6.07) is 15.6. The van der Waals surface area contributed by atoms with Crippen LogP contribution in [-0.2, 0) is 10.5 Å². The molecule has 0 fully saturated rings. The van der Waals surface area contributed by atoms with Gasteiger partial charge in [-0.2, -0.15) is 5.10 Å². The first-order valence-corrected chi connectivity index (χ1v) is 11.4. The Morgan fingerprint density at radius 3 is 2.50 bits per heavy atom. The predicted octanol–water partition coefficient (Wildman–Crippen LogP) is 6.09. The lowest BCUT2D eigenvalue weighted by atomic mass is 10.1. The van der Waals surface area contributed by atoms with Crippen LogP contribution in [0.1, 0.15) is 28.1 Å². The van der Waals surface area contributed by atoms with Crippen molar-refractivity contribution < 1.29 is 4.79 Å². The summed E-state index contributed by atoms with van der Waals surface area (Å²) in [5.74, 6) is 1.03. The van der Waals surface area contributed by atoms with Crippen LogP contribution in [0, 0.1) is 20.8 Å². The molecule has 0 saturated heterocycles. The van der Waals surface area contributed by atoms with E-state index in [0.29, 0.717) is 15.8 Å². The zero-order valence-corrected chi connectivity index (χ0v) is 19.4. The molecule has 156 valence electrons. The van der Waals surface area contributed by atoms with Crippen LogP contribution >= 0.6 is 35.0 Å². The lowest BCUT2D eigenvalue weighted by Crippen LogP contribution is -2.19. The molecule has 3 aromatic rings. The number of aryl methyl sites for hydroxylation is 2. The van der Waals surface area contributed by atoms with E-state index in [9.17, 15) is 4.79 Å². The Balaban J connectivity index is 1.60. The molecular weight excluding hydrogens is 437 g/mol. The van der Waals surface area contributed by atoms with E-state index in [2.05, 4.69) is 34.2 Å². The molecule has 4 nitrogen and oxygen atoms in total. The Morgan fingerprint density at radius 1 is 1.10 bits per heavy atom. The molecule has 0 saturated carbocycles. The Bertz CT molecular complexity index is 1070. The molecule has 3 rings (SSSR count). The lowest BCUT2D eigenvalue weighted by Gasteiger charge is -2.10. The molecule has 30 heavy (non-hydrogen) atoms. The summed E-state index contributed by atoms with van der Waals surface area (Å²) in [4.78, 5) is 12.1. The number of hydrazone groups is 1. The van der Waals surface area contributed by atoms with Crippen molar-refractivity contribution in [2.75, 3.05) is 5.75 Å². The molecule has 0 spiro atoms. The largest absolute Gasteiger partial charge is 0.318 e. The standard InChI is InChI=1S/C23H23Cl2N3OS/c1-15-6-4-5-7-18(15)13-30-14-23(29)27-26-12-19-8-16(2)28(17(19)3)22-10-20(24)9-21(25)11-22/h4-12H,13-14H2,1-3H3,(H,27,29)/b26-12-. The molecule has 0 atom stereocenters. The van der Waals surface area contributed by atoms with E-state index in [1.165, 1.54) is 11.1 Å². The van der Waals surface area contributed by atoms with Gasteiger partial charge in [0, 0.05) is 38.4 Å². The SMILES string of the molecule is Cc1ccccc1CSCC(=O)N/N=C\c1cc(C)n(-c2cc(Cl)cc(Cl)c2)c1C. The van der Waals surface area contributed by atoms with Crippen LogP contribution in [-0.4, -0.2) is 22.4 Å². The second kappa shape index (κ2) is 10.2. The number of carbonyl (C=O) groups is 1. The molecule has 2 aromatic carbocycles. The average Bonchev–Trinajstić information content (AvgIpc) is 2.96. The molecule has 0 bridgehead atoms. The number of hydrogen-bond acceptors (Lipinski definition) is 3. The number of halogens is 2. The second-order valence-corrected chi connectivity index (χ2v) is 8.86. The first kappa shape index (κ1) is 22.5. The fraction of sp³-hybridized carbons (Fsp3) is 0.217. The number of amides is 1. The Labute approximate surface area is 191 Å². The van der Waals surface area contributed by atoms with Gasteiger partial charge in [-0.15, -0.1) is 11.8 Å². The maximum absolute atomic E-state index is 12.1. The molecule has 0 aliphatic carbocycles. The minimum atomic E-state index is -0.125. The molecule has 0 radical (unpaired) electrons. The Hall–Kier alpha value is -2.21. The third kappa shape index (κ3) is 5.69. The van der Waals surface area contributed by atoms with E-state index in [4.69, 9.17) is 23.2 Å². The van der Waals surface area contributed by atoms with E-state index >= 15 is 0 Å². The summed E-state index contributed by atoms with van der Waals surface area (Å²) in [7, 11) is 0. The summed E-state index contributed by atoms with van der Waals surface area (Å²) >= 11 is 13.9. The van der Waals surface area contributed by atoms with Gasteiger partial charge in [0.2, 0.25) is 5.91 Å². The van der Waals surface area contributed by atoms with Gasteiger partial charge in [0.1, 0.15) is 0 Å². The van der Waals surface area contributed by atoms with E-state index < -0.39 is 0 Å². The summed E-state index contributed by atoms with van der Waals surface area (Å²) < 4.78 is 2.05. The smallest absolute Gasteiger partial charge is 0.250 e. The molecule has 1 heterocycles. The van der Waals surface area contributed by atoms with Crippen molar-refractivity contribution in [1.82, 2.24) is 9.99 Å². The van der Waals surface area contributed by atoms with Crippen LogP contribution in [0.25, 0.3) is 5.69 Å². The minimum absolute atomic E-state index is 0.125. The van der Waals surface area contributed by atoms with Gasteiger partial charge in [-0.3, -0.25) is 4.79 Å². The zero-order valence-electron chi connectivity index (χ0n) is 17.1. The third-order valence-corrected chi connectivity index (χ3v) is 6.14. The van der Waals surface area contributed by atoms with Crippen molar-refractivity contribution in [3.05, 3.63) is 86.7 Å². The summed E-state index contributed by atoms with van der Waals surface area (Å²) in [5, 5.41) is 5.28. The first-order valence-electron chi connectivity index (χ1n) is 9.44. The monoisotopic (exact) mass is 459 g/mol. The van der Waals surface area contributed by atoms with Gasteiger partial charge < -0.3 is 4.57 Å². The third-order valence-electron chi connectivity index (χ3n) is 4.72. The number of rotatable bonds is 7. The van der Waals surface area contributed by atoms with E-state index in [1.54, 1.807) is 24.0 Å². The van der Waals surface area contributed by atoms with Gasteiger partial charge in [0.25, 0.3) is 0 Å². The van der Waals surface area contributed by atoms with Crippen molar-refractivity contribution in [2.24, 2.45) is 5.10 Å². The molecule has 0 aliphatic rings. The predicted molar refractivity (Wildman–Crippen MR) is 128 cm³/mol.